The highest BCUT2D eigenvalue weighted by atomic mass is 32.2. The number of hydrogen-bond donors (Lipinski definition) is 2. The molecule has 3 aliphatic rings. The minimum Gasteiger partial charge on any atom is -0.334 e. The number of nitrogens with zero attached hydrogens (tertiary/aromatic N) is 2. The number of carbonyl (C=O) groups excluding carboxylic acids is 2. The first-order valence-electron chi connectivity index (χ1n) is 14.0. The number of amides is 2. The Kier molecular flexibility index (Phi) is 8.16. The Balaban J connectivity index is 1.49. The van der Waals surface area contributed by atoms with Crippen LogP contribution in [0.3, 0.4) is 0 Å². The summed E-state index contributed by atoms with van der Waals surface area (Å²) < 4.78 is 110. The Morgan fingerprint density at radius 3 is 2.28 bits per heavy atom. The molecule has 5 rings (SSSR count). The van der Waals surface area contributed by atoms with Gasteiger partial charge in [0.15, 0.2) is 5.54 Å². The number of nitrogens with one attached hydrogen (secondary N) is 2. The molecule has 1 aromatic carbocycles. The van der Waals surface area contributed by atoms with Crippen LogP contribution in [0, 0.1) is 5.92 Å². The molecule has 0 bridgehead atoms. The summed E-state index contributed by atoms with van der Waals surface area (Å²) in [6.45, 7) is 0.506. The van der Waals surface area contributed by atoms with Crippen LogP contribution in [0.1, 0.15) is 68.2 Å². The third kappa shape index (κ3) is 7.07. The van der Waals surface area contributed by atoms with Crippen molar-refractivity contribution in [2.75, 3.05) is 0 Å². The molecule has 2 heterocycles. The summed E-state index contributed by atoms with van der Waals surface area (Å²) in [5, 5.41) is 5.48. The minimum atomic E-state index is -5.07. The number of sulfonamides is 1. The first kappa shape index (κ1) is 31.1. The van der Waals surface area contributed by atoms with Crippen LogP contribution in [0.25, 0.3) is 5.57 Å². The van der Waals surface area contributed by atoms with Gasteiger partial charge >= 0.3 is 12.4 Å². The van der Waals surface area contributed by atoms with Crippen molar-refractivity contribution in [1.82, 2.24) is 19.8 Å². The second kappa shape index (κ2) is 11.3. The zero-order chi connectivity index (χ0) is 31.2. The van der Waals surface area contributed by atoms with E-state index in [2.05, 4.69) is 5.10 Å². The number of benzene rings is 1. The third-order valence-electron chi connectivity index (χ3n) is 7.92. The maximum Gasteiger partial charge on any atom is 0.416 e. The van der Waals surface area contributed by atoms with Crippen molar-refractivity contribution in [2.24, 2.45) is 5.92 Å². The zero-order valence-corrected chi connectivity index (χ0v) is 23.7. The van der Waals surface area contributed by atoms with Crippen LogP contribution >= 0.6 is 0 Å². The van der Waals surface area contributed by atoms with Gasteiger partial charge in [0.1, 0.15) is 5.57 Å². The van der Waals surface area contributed by atoms with E-state index in [1.54, 1.807) is 0 Å². The highest BCUT2D eigenvalue weighted by Gasteiger charge is 2.60. The molecule has 1 aliphatic heterocycles. The number of aromatic nitrogens is 2. The second-order valence-corrected chi connectivity index (χ2v) is 13.4. The summed E-state index contributed by atoms with van der Waals surface area (Å²) in [7, 11) is -4.12. The molecule has 43 heavy (non-hydrogen) atoms. The summed E-state index contributed by atoms with van der Waals surface area (Å²) >= 11 is 0. The molecular formula is C28H30F6N4O4S. The van der Waals surface area contributed by atoms with Gasteiger partial charge in [0.05, 0.1) is 10.9 Å². The predicted molar refractivity (Wildman–Crippen MR) is 143 cm³/mol. The van der Waals surface area contributed by atoms with Gasteiger partial charge in [-0.3, -0.25) is 14.3 Å². The Hall–Kier alpha value is -3.36. The maximum absolute atomic E-state index is 14.9. The van der Waals surface area contributed by atoms with Crippen molar-refractivity contribution in [3.05, 3.63) is 58.9 Å². The number of hydrogen-bond acceptors (Lipinski definition) is 5. The van der Waals surface area contributed by atoms with Crippen LogP contribution < -0.4 is 10.0 Å². The molecule has 15 heteroatoms. The molecule has 0 radical (unpaired) electrons. The van der Waals surface area contributed by atoms with E-state index in [4.69, 9.17) is 0 Å². The molecule has 2 aliphatic carbocycles. The van der Waals surface area contributed by atoms with Crippen LogP contribution in [0.2, 0.25) is 0 Å². The van der Waals surface area contributed by atoms with Gasteiger partial charge in [-0.1, -0.05) is 24.3 Å². The number of aryl methyl sites for hydroxylation is 1. The standard InChI is InChI=1S/C28H30F6N4O4S/c29-27(30,31)13-2-1-3-17-6-8-19(9-7-17)26(28(32,33)34)15-21(22-12-14-38(36-22)16-18-4-5-18)23(24(39)35-26)25(40)37-43(41,42)20-10-11-20/h6-9,12,14,18,20H,1-5,10-11,13,15-16H2,(H,35,39)(H,37,40)/t26-/m0/s1. The largest absolute Gasteiger partial charge is 0.416 e. The molecule has 1 aromatic heterocycles. The number of unbranched alkanes of at least 4 members (excludes halogenated alkanes) is 1. The fraction of sp³-hybridized carbons (Fsp3) is 0.536. The van der Waals surface area contributed by atoms with E-state index in [0.29, 0.717) is 30.9 Å². The fourth-order valence-electron chi connectivity index (χ4n) is 5.20. The first-order chi connectivity index (χ1) is 20.1. The normalized spacial score (nSPS) is 21.6. The fourth-order valence-corrected chi connectivity index (χ4v) is 6.48. The minimum absolute atomic E-state index is 0.0561. The maximum atomic E-state index is 14.9. The van der Waals surface area contributed by atoms with E-state index < -0.39 is 63.4 Å². The van der Waals surface area contributed by atoms with Crippen molar-refractivity contribution in [3.63, 3.8) is 0 Å². The van der Waals surface area contributed by atoms with Crippen molar-refractivity contribution in [2.45, 2.75) is 87.5 Å². The Morgan fingerprint density at radius 1 is 1.02 bits per heavy atom. The lowest BCUT2D eigenvalue weighted by molar-refractivity contribution is -0.202. The van der Waals surface area contributed by atoms with E-state index in [0.717, 1.165) is 25.0 Å². The molecule has 2 fully saturated rings. The lowest BCUT2D eigenvalue weighted by Gasteiger charge is -2.41. The van der Waals surface area contributed by atoms with Gasteiger partial charge in [-0.05, 0) is 68.1 Å². The molecule has 1 atom stereocenters. The van der Waals surface area contributed by atoms with Crippen LogP contribution in [0.15, 0.2) is 42.1 Å². The average Bonchev–Trinajstić information content (AvgIpc) is 3.83. The number of carbonyl (C=O) groups is 2. The van der Waals surface area contributed by atoms with Gasteiger partial charge in [0.2, 0.25) is 10.0 Å². The zero-order valence-electron chi connectivity index (χ0n) is 22.9. The van der Waals surface area contributed by atoms with Gasteiger partial charge in [0, 0.05) is 31.2 Å². The van der Waals surface area contributed by atoms with Crippen molar-refractivity contribution in [3.8, 4) is 0 Å². The van der Waals surface area contributed by atoms with Crippen molar-refractivity contribution < 1.29 is 44.3 Å². The molecule has 234 valence electrons. The topological polar surface area (TPSA) is 110 Å². The Morgan fingerprint density at radius 2 is 1.70 bits per heavy atom. The molecule has 2 N–H and O–H groups in total. The average molecular weight is 633 g/mol. The van der Waals surface area contributed by atoms with E-state index in [1.807, 2.05) is 10.0 Å². The number of rotatable bonds is 11. The van der Waals surface area contributed by atoms with Crippen molar-refractivity contribution in [1.29, 1.82) is 0 Å². The van der Waals surface area contributed by atoms with Crippen molar-refractivity contribution >= 4 is 27.4 Å². The van der Waals surface area contributed by atoms with Crippen LogP contribution in [0.5, 0.6) is 0 Å². The summed E-state index contributed by atoms with van der Waals surface area (Å²) in [6.07, 6.45) is -6.88. The van der Waals surface area contributed by atoms with Gasteiger partial charge in [-0.15, -0.1) is 0 Å². The van der Waals surface area contributed by atoms with E-state index >= 15 is 0 Å². The lowest BCUT2D eigenvalue weighted by Crippen LogP contribution is -2.60. The molecule has 2 saturated carbocycles. The highest BCUT2D eigenvalue weighted by Crippen LogP contribution is 2.48. The smallest absolute Gasteiger partial charge is 0.334 e. The summed E-state index contributed by atoms with van der Waals surface area (Å²) in [5.74, 6) is -2.37. The van der Waals surface area contributed by atoms with Crippen LogP contribution in [0.4, 0.5) is 26.3 Å². The number of alkyl halides is 6. The summed E-state index contributed by atoms with van der Waals surface area (Å²) in [5.41, 5.74) is -4.00. The Labute approximate surface area is 243 Å². The highest BCUT2D eigenvalue weighted by molar-refractivity contribution is 7.91. The molecule has 8 nitrogen and oxygen atoms in total. The third-order valence-corrected chi connectivity index (χ3v) is 9.74. The molecule has 0 spiro atoms. The predicted octanol–water partition coefficient (Wildman–Crippen LogP) is 4.91. The molecule has 2 amide bonds. The molecule has 2 aromatic rings. The van der Waals surface area contributed by atoms with Crippen LogP contribution in [-0.4, -0.2) is 47.6 Å². The van der Waals surface area contributed by atoms with Gasteiger partial charge < -0.3 is 5.32 Å². The van der Waals surface area contributed by atoms with E-state index in [-0.39, 0.29) is 36.1 Å². The lowest BCUT2D eigenvalue weighted by atomic mass is 9.77. The van der Waals surface area contributed by atoms with Gasteiger partial charge in [0.25, 0.3) is 11.8 Å². The second-order valence-electron chi connectivity index (χ2n) is 11.4. The van der Waals surface area contributed by atoms with E-state index in [9.17, 15) is 44.3 Å². The summed E-state index contributed by atoms with van der Waals surface area (Å²) in [6, 6.07) is 6.42. The summed E-state index contributed by atoms with van der Waals surface area (Å²) in [4.78, 5) is 26.6. The molecule has 0 saturated heterocycles. The van der Waals surface area contributed by atoms with E-state index in [1.165, 1.54) is 29.1 Å². The van der Waals surface area contributed by atoms with Crippen LogP contribution in [-0.2, 0) is 38.1 Å². The monoisotopic (exact) mass is 632 g/mol. The quantitative estimate of drug-likeness (QED) is 0.208. The van der Waals surface area contributed by atoms with Gasteiger partial charge in [-0.2, -0.15) is 31.4 Å². The van der Waals surface area contributed by atoms with Gasteiger partial charge in [-0.25, -0.2) is 13.1 Å². The molecule has 0 unspecified atom stereocenters. The number of halogens is 6. The molecular weight excluding hydrogens is 602 g/mol. The Bertz CT molecular complexity index is 1520. The first-order valence-corrected chi connectivity index (χ1v) is 15.5. The SMILES string of the molecule is O=C1N[C@@](c2ccc(CCCCC(F)(F)F)cc2)(C(F)(F)F)CC(c2ccn(CC3CC3)n2)=C1C(=O)NS(=O)(=O)C1CC1.